The van der Waals surface area contributed by atoms with Crippen molar-refractivity contribution in [3.8, 4) is 16.9 Å². The molecule has 1 aromatic carbocycles. The second kappa shape index (κ2) is 4.69. The smallest absolute Gasteiger partial charge is 0.131 e. The fourth-order valence-corrected chi connectivity index (χ4v) is 2.06. The molecule has 0 amide bonds. The summed E-state index contributed by atoms with van der Waals surface area (Å²) in [6.45, 7) is 6.13. The molecule has 3 nitrogen and oxygen atoms in total. The van der Waals surface area contributed by atoms with E-state index in [4.69, 9.17) is 10.5 Å². The fourth-order valence-electron chi connectivity index (χ4n) is 2.06. The largest absolute Gasteiger partial charge is 0.496 e. The van der Waals surface area contributed by atoms with Gasteiger partial charge in [-0.15, -0.1) is 0 Å². The standard InChI is InChI=1S/C15H18N2O/c1-9-7-13(15(16)17-8-9)12-6-5-10(2)11(3)14(12)18-4/h5-8H,1-4H3,(H2,16,17). The fraction of sp³-hybridized carbons (Fsp3) is 0.267. The number of nitrogens with zero attached hydrogens (tertiary/aromatic N) is 1. The van der Waals surface area contributed by atoms with Crippen molar-refractivity contribution in [3.05, 3.63) is 41.1 Å². The van der Waals surface area contributed by atoms with E-state index in [2.05, 4.69) is 24.9 Å². The molecule has 0 aliphatic carbocycles. The highest BCUT2D eigenvalue weighted by Crippen LogP contribution is 2.36. The Hall–Kier alpha value is -2.03. The second-order valence-corrected chi connectivity index (χ2v) is 4.53. The number of hydrogen-bond donors (Lipinski definition) is 1. The lowest BCUT2D eigenvalue weighted by Crippen LogP contribution is -1.98. The Kier molecular flexibility index (Phi) is 3.24. The minimum absolute atomic E-state index is 0.530. The minimum atomic E-state index is 0.530. The number of hydrogen-bond acceptors (Lipinski definition) is 3. The number of benzene rings is 1. The first-order valence-electron chi connectivity index (χ1n) is 5.91. The van der Waals surface area contributed by atoms with Gasteiger partial charge in [0.05, 0.1) is 7.11 Å². The average molecular weight is 242 g/mol. The van der Waals surface area contributed by atoms with E-state index in [1.54, 1.807) is 13.3 Å². The molecule has 2 N–H and O–H groups in total. The first-order chi connectivity index (χ1) is 8.54. The topological polar surface area (TPSA) is 48.1 Å². The van der Waals surface area contributed by atoms with Crippen molar-refractivity contribution in [3.63, 3.8) is 0 Å². The normalized spacial score (nSPS) is 10.4. The monoisotopic (exact) mass is 242 g/mol. The molecule has 2 rings (SSSR count). The van der Waals surface area contributed by atoms with Gasteiger partial charge in [0.15, 0.2) is 0 Å². The van der Waals surface area contributed by atoms with Crippen LogP contribution in [0.1, 0.15) is 16.7 Å². The third kappa shape index (κ3) is 2.04. The van der Waals surface area contributed by atoms with E-state index in [-0.39, 0.29) is 0 Å². The maximum absolute atomic E-state index is 5.97. The number of aromatic nitrogens is 1. The number of aryl methyl sites for hydroxylation is 2. The summed E-state index contributed by atoms with van der Waals surface area (Å²) in [7, 11) is 1.69. The van der Waals surface area contributed by atoms with Gasteiger partial charge in [-0.3, -0.25) is 0 Å². The molecule has 0 unspecified atom stereocenters. The van der Waals surface area contributed by atoms with Crippen molar-refractivity contribution in [1.29, 1.82) is 0 Å². The Morgan fingerprint density at radius 1 is 1.11 bits per heavy atom. The zero-order valence-electron chi connectivity index (χ0n) is 11.2. The van der Waals surface area contributed by atoms with Gasteiger partial charge >= 0.3 is 0 Å². The summed E-state index contributed by atoms with van der Waals surface area (Å²) < 4.78 is 5.52. The second-order valence-electron chi connectivity index (χ2n) is 4.53. The van der Waals surface area contributed by atoms with Gasteiger partial charge in [-0.25, -0.2) is 4.98 Å². The van der Waals surface area contributed by atoms with Crippen molar-refractivity contribution in [2.75, 3.05) is 12.8 Å². The molecule has 1 aromatic heterocycles. The Morgan fingerprint density at radius 2 is 1.83 bits per heavy atom. The lowest BCUT2D eigenvalue weighted by molar-refractivity contribution is 0.413. The molecule has 0 aliphatic rings. The summed E-state index contributed by atoms with van der Waals surface area (Å²) >= 11 is 0. The Labute approximate surface area is 108 Å². The van der Waals surface area contributed by atoms with Crippen LogP contribution in [0.25, 0.3) is 11.1 Å². The first kappa shape index (κ1) is 12.4. The van der Waals surface area contributed by atoms with E-state index in [1.807, 2.05) is 19.1 Å². The van der Waals surface area contributed by atoms with E-state index in [1.165, 1.54) is 5.56 Å². The lowest BCUT2D eigenvalue weighted by Gasteiger charge is -2.15. The van der Waals surface area contributed by atoms with Gasteiger partial charge < -0.3 is 10.5 Å². The Balaban J connectivity index is 2.71. The number of ether oxygens (including phenoxy) is 1. The average Bonchev–Trinajstić information content (AvgIpc) is 2.35. The van der Waals surface area contributed by atoms with Crippen LogP contribution in [0.2, 0.25) is 0 Å². The van der Waals surface area contributed by atoms with Gasteiger partial charge in [-0.2, -0.15) is 0 Å². The van der Waals surface area contributed by atoms with Crippen molar-refractivity contribution in [1.82, 2.24) is 4.98 Å². The number of nitrogens with two attached hydrogens (primary N) is 1. The van der Waals surface area contributed by atoms with Crippen LogP contribution in [0.3, 0.4) is 0 Å². The third-order valence-electron chi connectivity index (χ3n) is 3.23. The Morgan fingerprint density at radius 3 is 2.50 bits per heavy atom. The molecule has 94 valence electrons. The van der Waals surface area contributed by atoms with E-state index >= 15 is 0 Å². The molecular weight excluding hydrogens is 224 g/mol. The highest BCUT2D eigenvalue weighted by molar-refractivity contribution is 5.80. The number of nitrogen functional groups attached to an aromatic ring is 1. The van der Waals surface area contributed by atoms with Crippen LogP contribution in [-0.4, -0.2) is 12.1 Å². The highest BCUT2D eigenvalue weighted by Gasteiger charge is 2.13. The first-order valence-corrected chi connectivity index (χ1v) is 5.91. The molecule has 0 spiro atoms. The molecule has 0 atom stereocenters. The van der Waals surface area contributed by atoms with Gasteiger partial charge in [-0.05, 0) is 43.5 Å². The van der Waals surface area contributed by atoms with Crippen molar-refractivity contribution in [2.24, 2.45) is 0 Å². The number of anilines is 1. The van der Waals surface area contributed by atoms with Crippen LogP contribution in [0.5, 0.6) is 5.75 Å². The van der Waals surface area contributed by atoms with Gasteiger partial charge in [0.25, 0.3) is 0 Å². The summed E-state index contributed by atoms with van der Waals surface area (Å²) in [6, 6.07) is 6.15. The van der Waals surface area contributed by atoms with Crippen LogP contribution in [0, 0.1) is 20.8 Å². The number of methoxy groups -OCH3 is 1. The number of rotatable bonds is 2. The molecule has 18 heavy (non-hydrogen) atoms. The van der Waals surface area contributed by atoms with Gasteiger partial charge in [0.2, 0.25) is 0 Å². The molecule has 3 heteroatoms. The molecule has 0 radical (unpaired) electrons. The molecule has 1 heterocycles. The summed E-state index contributed by atoms with van der Waals surface area (Å²) in [6.07, 6.45) is 1.77. The maximum Gasteiger partial charge on any atom is 0.131 e. The zero-order valence-corrected chi connectivity index (χ0v) is 11.2. The van der Waals surface area contributed by atoms with Crippen LogP contribution in [0.4, 0.5) is 5.82 Å². The zero-order chi connectivity index (χ0) is 13.3. The lowest BCUT2D eigenvalue weighted by atomic mass is 9.98. The van der Waals surface area contributed by atoms with Gasteiger partial charge in [0, 0.05) is 17.3 Å². The molecule has 0 saturated carbocycles. The quantitative estimate of drug-likeness (QED) is 0.879. The molecule has 0 fully saturated rings. The van der Waals surface area contributed by atoms with Gasteiger partial charge in [0.1, 0.15) is 11.6 Å². The predicted octanol–water partition coefficient (Wildman–Crippen LogP) is 3.26. The van der Waals surface area contributed by atoms with Gasteiger partial charge in [-0.1, -0.05) is 12.1 Å². The van der Waals surface area contributed by atoms with Crippen LogP contribution >= 0.6 is 0 Å². The molecular formula is C15H18N2O. The highest BCUT2D eigenvalue weighted by atomic mass is 16.5. The third-order valence-corrected chi connectivity index (χ3v) is 3.23. The summed E-state index contributed by atoms with van der Waals surface area (Å²) in [5, 5.41) is 0. The molecule has 2 aromatic rings. The van der Waals surface area contributed by atoms with Crippen molar-refractivity contribution < 1.29 is 4.74 Å². The summed E-state index contributed by atoms with van der Waals surface area (Å²) in [5.74, 6) is 1.40. The maximum atomic E-state index is 5.97. The van der Waals surface area contributed by atoms with E-state index in [0.717, 1.165) is 28.0 Å². The SMILES string of the molecule is COc1c(-c2cc(C)cnc2N)ccc(C)c1C. The van der Waals surface area contributed by atoms with E-state index < -0.39 is 0 Å². The van der Waals surface area contributed by atoms with E-state index in [0.29, 0.717) is 5.82 Å². The van der Waals surface area contributed by atoms with E-state index in [9.17, 15) is 0 Å². The van der Waals surface area contributed by atoms with Crippen molar-refractivity contribution in [2.45, 2.75) is 20.8 Å². The predicted molar refractivity (Wildman–Crippen MR) is 74.8 cm³/mol. The summed E-state index contributed by atoms with van der Waals surface area (Å²) in [5.41, 5.74) is 11.3. The van der Waals surface area contributed by atoms with Crippen LogP contribution in [0.15, 0.2) is 24.4 Å². The Bertz CT molecular complexity index is 591. The molecule has 0 bridgehead atoms. The molecule has 0 aliphatic heterocycles. The van der Waals surface area contributed by atoms with Crippen molar-refractivity contribution >= 4 is 5.82 Å². The summed E-state index contributed by atoms with van der Waals surface area (Å²) in [4.78, 5) is 4.20. The van der Waals surface area contributed by atoms with Crippen LogP contribution in [-0.2, 0) is 0 Å². The minimum Gasteiger partial charge on any atom is -0.496 e. The van der Waals surface area contributed by atoms with Crippen LogP contribution < -0.4 is 10.5 Å². The number of pyridine rings is 1. The molecule has 0 saturated heterocycles.